The van der Waals surface area contributed by atoms with E-state index in [1.54, 1.807) is 0 Å². The van der Waals surface area contributed by atoms with Crippen LogP contribution in [0.5, 0.6) is 0 Å². The summed E-state index contributed by atoms with van der Waals surface area (Å²) in [6.07, 6.45) is 7.18. The minimum Gasteiger partial charge on any atom is -0.382 e. The molecule has 1 aromatic heterocycles. The summed E-state index contributed by atoms with van der Waals surface area (Å²) in [5.41, 5.74) is 5.57. The van der Waals surface area contributed by atoms with Crippen molar-refractivity contribution in [2.24, 2.45) is 0 Å². The van der Waals surface area contributed by atoms with E-state index in [1.807, 2.05) is 16.9 Å². The third kappa shape index (κ3) is 2.72. The summed E-state index contributed by atoms with van der Waals surface area (Å²) in [6, 6.07) is 2.58. The fourth-order valence-electron chi connectivity index (χ4n) is 2.29. The molecule has 4 nitrogen and oxygen atoms in total. The van der Waals surface area contributed by atoms with Gasteiger partial charge in [0.25, 0.3) is 0 Å². The molecular weight excluding hydrogens is 188 g/mol. The van der Waals surface area contributed by atoms with E-state index < -0.39 is 0 Å². The molecule has 1 aliphatic rings. The van der Waals surface area contributed by atoms with Crippen LogP contribution in [0, 0.1) is 0 Å². The van der Waals surface area contributed by atoms with E-state index in [2.05, 4.69) is 17.0 Å². The first-order valence-electron chi connectivity index (χ1n) is 5.75. The monoisotopic (exact) mass is 208 g/mol. The summed E-state index contributed by atoms with van der Waals surface area (Å²) < 4.78 is 1.94. The zero-order valence-electron chi connectivity index (χ0n) is 9.39. The largest absolute Gasteiger partial charge is 0.382 e. The predicted molar refractivity (Wildman–Crippen MR) is 61.5 cm³/mol. The van der Waals surface area contributed by atoms with Crippen molar-refractivity contribution in [3.63, 3.8) is 0 Å². The van der Waals surface area contributed by atoms with Gasteiger partial charge in [-0.3, -0.25) is 4.68 Å². The molecule has 1 aliphatic heterocycles. The van der Waals surface area contributed by atoms with Gasteiger partial charge in [-0.25, -0.2) is 0 Å². The molecule has 1 saturated heterocycles. The molecule has 0 amide bonds. The number of rotatable bonds is 3. The molecule has 0 bridgehead atoms. The highest BCUT2D eigenvalue weighted by Crippen LogP contribution is 2.18. The fraction of sp³-hybridized carbons (Fsp3) is 0.727. The Labute approximate surface area is 91.1 Å². The molecule has 2 heterocycles. The molecular formula is C11H20N4. The van der Waals surface area contributed by atoms with Crippen LogP contribution in [-0.4, -0.2) is 34.3 Å². The molecule has 2 N–H and O–H groups in total. The van der Waals surface area contributed by atoms with Crippen LogP contribution in [-0.2, 0) is 6.54 Å². The summed E-state index contributed by atoms with van der Waals surface area (Å²) in [6.45, 7) is 2.22. The molecule has 0 spiro atoms. The summed E-state index contributed by atoms with van der Waals surface area (Å²) in [4.78, 5) is 2.47. The van der Waals surface area contributed by atoms with Crippen molar-refractivity contribution in [2.45, 2.75) is 38.3 Å². The van der Waals surface area contributed by atoms with E-state index in [9.17, 15) is 0 Å². The number of likely N-dealkylation sites (tertiary alicyclic amines) is 1. The summed E-state index contributed by atoms with van der Waals surface area (Å²) in [5, 5.41) is 4.20. The van der Waals surface area contributed by atoms with E-state index in [4.69, 9.17) is 5.73 Å². The zero-order valence-corrected chi connectivity index (χ0v) is 9.39. The van der Waals surface area contributed by atoms with E-state index in [-0.39, 0.29) is 0 Å². The van der Waals surface area contributed by atoms with Gasteiger partial charge in [0.15, 0.2) is 0 Å². The quantitative estimate of drug-likeness (QED) is 0.815. The van der Waals surface area contributed by atoms with Gasteiger partial charge in [0.1, 0.15) is 5.82 Å². The van der Waals surface area contributed by atoms with E-state index in [0.29, 0.717) is 5.82 Å². The van der Waals surface area contributed by atoms with Crippen molar-refractivity contribution in [3.8, 4) is 0 Å². The molecule has 0 radical (unpaired) electrons. The van der Waals surface area contributed by atoms with Crippen molar-refractivity contribution in [1.82, 2.24) is 14.7 Å². The highest BCUT2D eigenvalue weighted by Gasteiger charge is 2.18. The lowest BCUT2D eigenvalue weighted by Gasteiger charge is -2.32. The molecule has 0 saturated carbocycles. The van der Waals surface area contributed by atoms with Crippen LogP contribution in [0.1, 0.15) is 25.7 Å². The molecule has 0 aliphatic carbocycles. The predicted octanol–water partition coefficient (Wildman–Crippen LogP) is 1.34. The Bertz CT molecular complexity index is 307. The van der Waals surface area contributed by atoms with Crippen LogP contribution < -0.4 is 5.73 Å². The number of aryl methyl sites for hydroxylation is 1. The van der Waals surface area contributed by atoms with Gasteiger partial charge in [0.2, 0.25) is 0 Å². The van der Waals surface area contributed by atoms with Gasteiger partial charge in [-0.1, -0.05) is 6.42 Å². The molecule has 1 fully saturated rings. The lowest BCUT2D eigenvalue weighted by atomic mass is 10.0. The maximum Gasteiger partial charge on any atom is 0.145 e. The van der Waals surface area contributed by atoms with Crippen LogP contribution in [0.2, 0.25) is 0 Å². The minimum atomic E-state index is 0.618. The van der Waals surface area contributed by atoms with E-state index in [0.717, 1.165) is 12.6 Å². The zero-order chi connectivity index (χ0) is 10.7. The van der Waals surface area contributed by atoms with Gasteiger partial charge in [-0.2, -0.15) is 5.10 Å². The summed E-state index contributed by atoms with van der Waals surface area (Å²) in [5.74, 6) is 0.618. The van der Waals surface area contributed by atoms with Gasteiger partial charge >= 0.3 is 0 Å². The average molecular weight is 208 g/mol. The van der Waals surface area contributed by atoms with Gasteiger partial charge in [-0.05, 0) is 38.9 Å². The van der Waals surface area contributed by atoms with E-state index in [1.165, 1.54) is 32.2 Å². The van der Waals surface area contributed by atoms with Crippen LogP contribution in [0.25, 0.3) is 0 Å². The van der Waals surface area contributed by atoms with Crippen molar-refractivity contribution in [1.29, 1.82) is 0 Å². The standard InChI is InChI=1S/C11H20N4/c1-14-7-3-2-4-10(14)5-8-15-9-6-11(12)13-15/h6,9-10H,2-5,7-8H2,1H3,(H2,12,13). The first-order chi connectivity index (χ1) is 7.25. The lowest BCUT2D eigenvalue weighted by molar-refractivity contribution is 0.170. The van der Waals surface area contributed by atoms with Gasteiger partial charge < -0.3 is 10.6 Å². The third-order valence-electron chi connectivity index (χ3n) is 3.27. The molecule has 1 atom stereocenters. The first-order valence-corrected chi connectivity index (χ1v) is 5.75. The Balaban J connectivity index is 1.81. The second-order valence-electron chi connectivity index (χ2n) is 4.42. The second-order valence-corrected chi connectivity index (χ2v) is 4.42. The minimum absolute atomic E-state index is 0.618. The van der Waals surface area contributed by atoms with Gasteiger partial charge in [0, 0.05) is 18.8 Å². The molecule has 1 aromatic rings. The van der Waals surface area contributed by atoms with Gasteiger partial charge in [0.05, 0.1) is 0 Å². The topological polar surface area (TPSA) is 47.1 Å². The fourth-order valence-corrected chi connectivity index (χ4v) is 2.29. The Morgan fingerprint density at radius 1 is 1.53 bits per heavy atom. The number of aromatic nitrogens is 2. The number of hydrogen-bond acceptors (Lipinski definition) is 3. The number of piperidine rings is 1. The molecule has 1 unspecified atom stereocenters. The summed E-state index contributed by atoms with van der Waals surface area (Å²) >= 11 is 0. The van der Waals surface area contributed by atoms with Crippen molar-refractivity contribution < 1.29 is 0 Å². The number of nitrogens with two attached hydrogens (primary N) is 1. The first kappa shape index (κ1) is 10.5. The second kappa shape index (κ2) is 4.66. The van der Waals surface area contributed by atoms with Gasteiger partial charge in [-0.15, -0.1) is 0 Å². The van der Waals surface area contributed by atoms with Crippen molar-refractivity contribution in [3.05, 3.63) is 12.3 Å². The molecule has 4 heteroatoms. The number of nitrogens with zero attached hydrogens (tertiary/aromatic N) is 3. The Kier molecular flexibility index (Phi) is 3.26. The highest BCUT2D eigenvalue weighted by atomic mass is 15.3. The summed E-state index contributed by atoms with van der Waals surface area (Å²) in [7, 11) is 2.22. The molecule has 84 valence electrons. The maximum atomic E-state index is 5.57. The Hall–Kier alpha value is -1.03. The Morgan fingerprint density at radius 3 is 3.07 bits per heavy atom. The molecule has 2 rings (SSSR count). The average Bonchev–Trinajstić information content (AvgIpc) is 2.63. The van der Waals surface area contributed by atoms with Crippen LogP contribution in [0.4, 0.5) is 5.82 Å². The van der Waals surface area contributed by atoms with Crippen LogP contribution >= 0.6 is 0 Å². The molecule has 0 aromatic carbocycles. The van der Waals surface area contributed by atoms with E-state index >= 15 is 0 Å². The number of anilines is 1. The molecule has 15 heavy (non-hydrogen) atoms. The number of hydrogen-bond donors (Lipinski definition) is 1. The normalized spacial score (nSPS) is 23.1. The third-order valence-corrected chi connectivity index (χ3v) is 3.27. The lowest BCUT2D eigenvalue weighted by Crippen LogP contribution is -2.36. The van der Waals surface area contributed by atoms with Crippen LogP contribution in [0.3, 0.4) is 0 Å². The maximum absolute atomic E-state index is 5.57. The van der Waals surface area contributed by atoms with Crippen molar-refractivity contribution in [2.75, 3.05) is 19.3 Å². The Morgan fingerprint density at radius 2 is 2.40 bits per heavy atom. The highest BCUT2D eigenvalue weighted by molar-refractivity contribution is 5.23. The number of nitrogen functional groups attached to an aromatic ring is 1. The smallest absolute Gasteiger partial charge is 0.145 e. The van der Waals surface area contributed by atoms with Crippen molar-refractivity contribution >= 4 is 5.82 Å². The SMILES string of the molecule is CN1CCCCC1CCn1ccc(N)n1. The van der Waals surface area contributed by atoms with Crippen LogP contribution in [0.15, 0.2) is 12.3 Å².